The third-order valence-corrected chi connectivity index (χ3v) is 6.41. The molecule has 0 spiro atoms. The molecule has 11 heteroatoms. The van der Waals surface area contributed by atoms with E-state index < -0.39 is 58.1 Å². The van der Waals surface area contributed by atoms with Crippen LogP contribution in [0.3, 0.4) is 0 Å². The first-order valence-corrected chi connectivity index (χ1v) is 12.1. The average molecular weight is 581 g/mol. The Morgan fingerprint density at radius 3 is 1.78 bits per heavy atom. The van der Waals surface area contributed by atoms with Crippen molar-refractivity contribution in [3.8, 4) is 28.0 Å². The largest absolute Gasteiger partial charge is 0.432 e. The van der Waals surface area contributed by atoms with Gasteiger partial charge >= 0.3 is 6.11 Å². The van der Waals surface area contributed by atoms with E-state index in [1.165, 1.54) is 6.07 Å². The minimum atomic E-state index is -4.54. The molecule has 41 heavy (non-hydrogen) atoms. The number of ether oxygens (including phenoxy) is 1. The van der Waals surface area contributed by atoms with Gasteiger partial charge in [0.25, 0.3) is 0 Å². The van der Waals surface area contributed by atoms with Gasteiger partial charge in [-0.3, -0.25) is 0 Å². The minimum Gasteiger partial charge on any atom is -0.429 e. The predicted molar refractivity (Wildman–Crippen MR) is 134 cm³/mol. The molecular formula is C30H20F9NO. The number of hydrogen-bond acceptors (Lipinski definition) is 2. The SMILES string of the molecule is CCC(C=N)Cc1cc(F)c(C(F)(F)Oc2ccc(-c3ccc(-c4cc(F)c(F)c(F)c4)c(F)c3)c(F)c2)c(F)c1. The Hall–Kier alpha value is -4.28. The first-order chi connectivity index (χ1) is 19.3. The zero-order valence-electron chi connectivity index (χ0n) is 21.2. The Morgan fingerprint density at radius 2 is 1.24 bits per heavy atom. The quantitative estimate of drug-likeness (QED) is 0.119. The highest BCUT2D eigenvalue weighted by Crippen LogP contribution is 2.38. The summed E-state index contributed by atoms with van der Waals surface area (Å²) in [4.78, 5) is 0. The van der Waals surface area contributed by atoms with Crippen LogP contribution < -0.4 is 4.74 Å². The fourth-order valence-corrected chi connectivity index (χ4v) is 4.27. The number of rotatable bonds is 9. The van der Waals surface area contributed by atoms with E-state index in [1.807, 2.05) is 0 Å². The molecule has 0 saturated heterocycles. The molecule has 1 atom stereocenters. The van der Waals surface area contributed by atoms with Crippen LogP contribution in [0.15, 0.2) is 60.7 Å². The molecule has 2 nitrogen and oxygen atoms in total. The van der Waals surface area contributed by atoms with Crippen LogP contribution >= 0.6 is 0 Å². The molecule has 0 fully saturated rings. The summed E-state index contributed by atoms with van der Waals surface area (Å²) in [6, 6.07) is 8.02. The topological polar surface area (TPSA) is 33.1 Å². The van der Waals surface area contributed by atoms with Crippen molar-refractivity contribution in [2.45, 2.75) is 25.9 Å². The second-order valence-corrected chi connectivity index (χ2v) is 9.18. The van der Waals surface area contributed by atoms with E-state index in [4.69, 9.17) is 5.41 Å². The predicted octanol–water partition coefficient (Wildman–Crippen LogP) is 9.34. The normalized spacial score (nSPS) is 12.3. The third kappa shape index (κ3) is 6.23. The molecule has 0 saturated carbocycles. The van der Waals surface area contributed by atoms with Crippen molar-refractivity contribution in [2.24, 2.45) is 5.92 Å². The van der Waals surface area contributed by atoms with E-state index in [1.54, 1.807) is 6.92 Å². The van der Waals surface area contributed by atoms with Crippen molar-refractivity contribution < 1.29 is 44.3 Å². The fourth-order valence-electron chi connectivity index (χ4n) is 4.27. The first kappa shape index (κ1) is 29.7. The van der Waals surface area contributed by atoms with Gasteiger partial charge in [-0.2, -0.15) is 8.78 Å². The molecular weight excluding hydrogens is 561 g/mol. The van der Waals surface area contributed by atoms with E-state index in [-0.39, 0.29) is 40.2 Å². The number of hydrogen-bond donors (Lipinski definition) is 1. The van der Waals surface area contributed by atoms with Crippen LogP contribution in [0.5, 0.6) is 5.75 Å². The number of nitrogens with one attached hydrogen (secondary N) is 1. The van der Waals surface area contributed by atoms with Gasteiger partial charge in [-0.15, -0.1) is 0 Å². The lowest BCUT2D eigenvalue weighted by atomic mass is 9.96. The van der Waals surface area contributed by atoms with Crippen LogP contribution in [-0.2, 0) is 12.5 Å². The second kappa shape index (κ2) is 11.7. The Morgan fingerprint density at radius 1 is 0.707 bits per heavy atom. The lowest BCUT2D eigenvalue weighted by Crippen LogP contribution is -2.25. The summed E-state index contributed by atoms with van der Waals surface area (Å²) in [7, 11) is 0. The lowest BCUT2D eigenvalue weighted by molar-refractivity contribution is -0.189. The fraction of sp³-hybridized carbons (Fsp3) is 0.167. The molecule has 1 unspecified atom stereocenters. The monoisotopic (exact) mass is 581 g/mol. The maximum Gasteiger partial charge on any atom is 0.432 e. The van der Waals surface area contributed by atoms with Gasteiger partial charge < -0.3 is 10.1 Å². The molecule has 0 aliphatic rings. The Bertz CT molecular complexity index is 1570. The van der Waals surface area contributed by atoms with Gasteiger partial charge in [0.2, 0.25) is 0 Å². The summed E-state index contributed by atoms with van der Waals surface area (Å²) in [5, 5.41) is 7.31. The summed E-state index contributed by atoms with van der Waals surface area (Å²) in [5.74, 6) is -11.3. The molecule has 0 aliphatic heterocycles. The standard InChI is InChI=1S/C30H20F9NO/c1-2-15(14-40)7-16-8-24(33)28(25(34)9-16)30(38,39)41-19-4-6-20(23(32)13-19)17-3-5-21(22(31)10-17)18-11-26(35)29(37)27(36)12-18/h3-6,8-15,40H,2,7H2,1H3. The second-order valence-electron chi connectivity index (χ2n) is 9.18. The van der Waals surface area contributed by atoms with Crippen molar-refractivity contribution in [3.63, 3.8) is 0 Å². The van der Waals surface area contributed by atoms with E-state index >= 15 is 0 Å². The van der Waals surface area contributed by atoms with Gasteiger partial charge in [0.1, 0.15) is 34.6 Å². The zero-order chi connectivity index (χ0) is 30.1. The molecule has 0 aliphatic carbocycles. The van der Waals surface area contributed by atoms with Crippen LogP contribution in [0.25, 0.3) is 22.3 Å². The maximum absolute atomic E-state index is 14.9. The minimum absolute atomic E-state index is 0.0620. The highest BCUT2D eigenvalue weighted by atomic mass is 19.3. The third-order valence-electron chi connectivity index (χ3n) is 6.41. The molecule has 1 N–H and O–H groups in total. The maximum atomic E-state index is 14.9. The highest BCUT2D eigenvalue weighted by molar-refractivity contribution is 5.72. The molecule has 0 heterocycles. The summed E-state index contributed by atoms with van der Waals surface area (Å²) in [6.07, 6.45) is -2.89. The smallest absolute Gasteiger partial charge is 0.429 e. The van der Waals surface area contributed by atoms with Crippen molar-refractivity contribution in [3.05, 3.63) is 113 Å². The van der Waals surface area contributed by atoms with Crippen molar-refractivity contribution in [1.29, 1.82) is 5.41 Å². The van der Waals surface area contributed by atoms with E-state index in [9.17, 15) is 39.5 Å². The van der Waals surface area contributed by atoms with Crippen LogP contribution in [0.4, 0.5) is 39.5 Å². The number of benzene rings is 4. The average Bonchev–Trinajstić information content (AvgIpc) is 2.89. The van der Waals surface area contributed by atoms with Gasteiger partial charge in [0.15, 0.2) is 17.5 Å². The molecule has 0 amide bonds. The van der Waals surface area contributed by atoms with E-state index in [0.29, 0.717) is 24.6 Å². The van der Waals surface area contributed by atoms with E-state index in [2.05, 4.69) is 4.74 Å². The number of alkyl halides is 2. The van der Waals surface area contributed by atoms with Crippen molar-refractivity contribution in [2.75, 3.05) is 0 Å². The van der Waals surface area contributed by atoms with Crippen LogP contribution in [0, 0.1) is 52.0 Å². The molecule has 4 aromatic rings. The molecule has 0 aromatic heterocycles. The molecule has 4 rings (SSSR count). The van der Waals surface area contributed by atoms with Gasteiger partial charge in [0, 0.05) is 17.2 Å². The van der Waals surface area contributed by atoms with Crippen LogP contribution in [0.1, 0.15) is 24.5 Å². The van der Waals surface area contributed by atoms with Gasteiger partial charge in [0.05, 0.1) is 0 Å². The molecule has 214 valence electrons. The Labute approximate surface area is 228 Å². The summed E-state index contributed by atoms with van der Waals surface area (Å²) >= 11 is 0. The zero-order valence-corrected chi connectivity index (χ0v) is 21.2. The molecule has 4 aromatic carbocycles. The Balaban J connectivity index is 1.58. The lowest BCUT2D eigenvalue weighted by Gasteiger charge is -2.20. The summed E-state index contributed by atoms with van der Waals surface area (Å²) < 4.78 is 133. The summed E-state index contributed by atoms with van der Waals surface area (Å²) in [5.41, 5.74) is -2.61. The first-order valence-electron chi connectivity index (χ1n) is 12.1. The van der Waals surface area contributed by atoms with Gasteiger partial charge in [-0.25, -0.2) is 30.7 Å². The highest BCUT2D eigenvalue weighted by Gasteiger charge is 2.41. The number of halogens is 9. The van der Waals surface area contributed by atoms with Crippen LogP contribution in [-0.4, -0.2) is 6.21 Å². The summed E-state index contributed by atoms with van der Waals surface area (Å²) in [6.45, 7) is 1.76. The Kier molecular flexibility index (Phi) is 8.46. The molecule has 0 bridgehead atoms. The van der Waals surface area contributed by atoms with Crippen molar-refractivity contribution >= 4 is 6.21 Å². The van der Waals surface area contributed by atoms with Crippen molar-refractivity contribution in [1.82, 2.24) is 0 Å². The van der Waals surface area contributed by atoms with Gasteiger partial charge in [-0.05, 0) is 84.1 Å². The van der Waals surface area contributed by atoms with Gasteiger partial charge in [-0.1, -0.05) is 19.1 Å². The molecule has 0 radical (unpaired) electrons. The van der Waals surface area contributed by atoms with Crippen LogP contribution in [0.2, 0.25) is 0 Å². The van der Waals surface area contributed by atoms with E-state index in [0.717, 1.165) is 42.6 Å².